The highest BCUT2D eigenvalue weighted by atomic mass is 16.5. The van der Waals surface area contributed by atoms with E-state index in [0.717, 1.165) is 0 Å². The van der Waals surface area contributed by atoms with Gasteiger partial charge in [0.2, 0.25) is 0 Å². The number of hydrogen-bond acceptors (Lipinski definition) is 3. The van der Waals surface area contributed by atoms with E-state index in [1.165, 1.54) is 0 Å². The molecule has 0 atom stereocenters. The van der Waals surface area contributed by atoms with Crippen LogP contribution in [0.1, 0.15) is 0 Å². The van der Waals surface area contributed by atoms with Crippen LogP contribution in [-0.2, 0) is 4.74 Å². The minimum atomic E-state index is -1.01. The highest BCUT2D eigenvalue weighted by molar-refractivity contribution is 5.53. The summed E-state index contributed by atoms with van der Waals surface area (Å²) in [5, 5.41) is 10.5. The van der Waals surface area contributed by atoms with Crippen molar-refractivity contribution in [2.75, 3.05) is 33.4 Å². The van der Waals surface area contributed by atoms with Gasteiger partial charge in [-0.05, 0) is 0 Å². The molecule has 0 saturated carbocycles. The third kappa shape index (κ3) is 1.27. The number of ether oxygens (including phenoxy) is 1. The fourth-order valence-electron chi connectivity index (χ4n) is 0.928. The number of carboxylic acid groups (broad SMARTS) is 1. The van der Waals surface area contributed by atoms with Gasteiger partial charge in [-0.2, -0.15) is 0 Å². The number of carbonyl (C=O) groups is 1. The van der Waals surface area contributed by atoms with Gasteiger partial charge in [0.1, 0.15) is 13.1 Å². The van der Waals surface area contributed by atoms with Crippen molar-refractivity contribution in [2.24, 2.45) is 0 Å². The second-order valence-corrected chi connectivity index (χ2v) is 2.72. The molecule has 1 aliphatic heterocycles. The SMILES string of the molecule is C[N+]1(C(=O)[O-])CCOCC1. The zero-order valence-corrected chi connectivity index (χ0v) is 6.00. The fourth-order valence-corrected chi connectivity index (χ4v) is 0.928. The Morgan fingerprint density at radius 3 is 2.30 bits per heavy atom. The van der Waals surface area contributed by atoms with Crippen LogP contribution >= 0.6 is 0 Å². The minimum Gasteiger partial charge on any atom is -0.498 e. The highest BCUT2D eigenvalue weighted by Gasteiger charge is 2.26. The first-order chi connectivity index (χ1) is 4.65. The molecule has 0 bridgehead atoms. The average molecular weight is 145 g/mol. The summed E-state index contributed by atoms with van der Waals surface area (Å²) in [6.07, 6.45) is -1.01. The first kappa shape index (κ1) is 7.50. The van der Waals surface area contributed by atoms with Gasteiger partial charge in [-0.15, -0.1) is 0 Å². The van der Waals surface area contributed by atoms with Gasteiger partial charge >= 0.3 is 0 Å². The average Bonchev–Trinajstić information content (AvgIpc) is 1.89. The quantitative estimate of drug-likeness (QED) is 0.402. The van der Waals surface area contributed by atoms with Crippen molar-refractivity contribution in [3.8, 4) is 0 Å². The van der Waals surface area contributed by atoms with Gasteiger partial charge in [0.15, 0.2) is 0 Å². The molecule has 0 aromatic rings. The molecule has 10 heavy (non-hydrogen) atoms. The Morgan fingerprint density at radius 2 is 2.00 bits per heavy atom. The molecule has 0 N–H and O–H groups in total. The van der Waals surface area contributed by atoms with Gasteiger partial charge in [0, 0.05) is 0 Å². The van der Waals surface area contributed by atoms with Crippen molar-refractivity contribution in [3.05, 3.63) is 0 Å². The largest absolute Gasteiger partial charge is 0.498 e. The molecule has 1 amide bonds. The van der Waals surface area contributed by atoms with Crippen LogP contribution in [0.2, 0.25) is 0 Å². The molecule has 0 aromatic heterocycles. The van der Waals surface area contributed by atoms with E-state index in [1.807, 2.05) is 0 Å². The normalized spacial score (nSPS) is 24.1. The molecule has 0 aliphatic carbocycles. The maximum Gasteiger partial charge on any atom is 0.257 e. The van der Waals surface area contributed by atoms with Crippen molar-refractivity contribution in [3.63, 3.8) is 0 Å². The zero-order chi connectivity index (χ0) is 7.61. The highest BCUT2D eigenvalue weighted by Crippen LogP contribution is 2.05. The molecule has 1 rings (SSSR count). The van der Waals surface area contributed by atoms with Gasteiger partial charge in [-0.3, -0.25) is 4.48 Å². The molecular weight excluding hydrogens is 134 g/mol. The number of quaternary nitrogens is 1. The molecule has 0 spiro atoms. The Hall–Kier alpha value is -0.610. The predicted octanol–water partition coefficient (Wildman–Crippen LogP) is -1.19. The van der Waals surface area contributed by atoms with E-state index < -0.39 is 6.09 Å². The molecule has 0 unspecified atom stereocenters. The Balaban J connectivity index is 2.56. The Labute approximate surface area is 59.6 Å². The standard InChI is InChI=1S/C6H11NO3/c1-7(6(8)9)2-4-10-5-3-7/h2-5H2,1H3. The van der Waals surface area contributed by atoms with Crippen molar-refractivity contribution in [2.45, 2.75) is 0 Å². The molecule has 1 aliphatic rings. The van der Waals surface area contributed by atoms with Crippen molar-refractivity contribution in [1.29, 1.82) is 0 Å². The maximum absolute atomic E-state index is 10.5. The van der Waals surface area contributed by atoms with Gasteiger partial charge in [-0.25, -0.2) is 0 Å². The van der Waals surface area contributed by atoms with Crippen LogP contribution in [0.3, 0.4) is 0 Å². The maximum atomic E-state index is 10.5. The minimum absolute atomic E-state index is 0.0139. The Morgan fingerprint density at radius 1 is 1.50 bits per heavy atom. The first-order valence-corrected chi connectivity index (χ1v) is 3.29. The molecular formula is C6H11NO3. The number of nitrogens with zero attached hydrogens (tertiary/aromatic N) is 1. The van der Waals surface area contributed by atoms with Crippen molar-refractivity contribution >= 4 is 6.09 Å². The summed E-state index contributed by atoms with van der Waals surface area (Å²) in [5.74, 6) is 0. The zero-order valence-electron chi connectivity index (χ0n) is 6.00. The van der Waals surface area contributed by atoms with Crippen molar-refractivity contribution in [1.82, 2.24) is 0 Å². The van der Waals surface area contributed by atoms with Crippen LogP contribution < -0.4 is 5.11 Å². The van der Waals surface area contributed by atoms with Gasteiger partial charge in [0.05, 0.1) is 20.3 Å². The third-order valence-electron chi connectivity index (χ3n) is 1.90. The first-order valence-electron chi connectivity index (χ1n) is 3.29. The smallest absolute Gasteiger partial charge is 0.257 e. The molecule has 58 valence electrons. The summed E-state index contributed by atoms with van der Waals surface area (Å²) in [6.45, 7) is 2.07. The molecule has 0 aromatic carbocycles. The summed E-state index contributed by atoms with van der Waals surface area (Å²) in [7, 11) is 1.65. The lowest BCUT2D eigenvalue weighted by Gasteiger charge is -2.36. The number of likely N-dealkylation sites (N-methyl/N-ethyl adjacent to an activating group) is 1. The predicted molar refractivity (Wildman–Crippen MR) is 32.1 cm³/mol. The monoisotopic (exact) mass is 145 g/mol. The van der Waals surface area contributed by atoms with E-state index in [-0.39, 0.29) is 4.48 Å². The van der Waals surface area contributed by atoms with Gasteiger partial charge in [-0.1, -0.05) is 0 Å². The summed E-state index contributed by atoms with van der Waals surface area (Å²) in [5.41, 5.74) is 0. The molecule has 1 heterocycles. The van der Waals surface area contributed by atoms with Crippen LogP contribution in [0.5, 0.6) is 0 Å². The topological polar surface area (TPSA) is 49.4 Å². The third-order valence-corrected chi connectivity index (χ3v) is 1.90. The summed E-state index contributed by atoms with van der Waals surface area (Å²) in [4.78, 5) is 10.5. The fraction of sp³-hybridized carbons (Fsp3) is 0.833. The van der Waals surface area contributed by atoms with Crippen LogP contribution in [0.25, 0.3) is 0 Å². The van der Waals surface area contributed by atoms with E-state index in [9.17, 15) is 9.90 Å². The second kappa shape index (κ2) is 2.56. The van der Waals surface area contributed by atoms with E-state index in [0.29, 0.717) is 26.3 Å². The molecule has 0 radical (unpaired) electrons. The molecule has 4 nitrogen and oxygen atoms in total. The number of amides is 1. The lowest BCUT2D eigenvalue weighted by molar-refractivity contribution is -0.865. The Bertz CT molecular complexity index is 140. The van der Waals surface area contributed by atoms with E-state index in [1.54, 1.807) is 7.05 Å². The summed E-state index contributed by atoms with van der Waals surface area (Å²) in [6, 6.07) is 0. The van der Waals surface area contributed by atoms with Crippen LogP contribution in [-0.4, -0.2) is 43.9 Å². The number of carbonyl (C=O) groups excluding carboxylic acids is 1. The summed E-state index contributed by atoms with van der Waals surface area (Å²) < 4.78 is 4.99. The summed E-state index contributed by atoms with van der Waals surface area (Å²) >= 11 is 0. The molecule has 1 fully saturated rings. The van der Waals surface area contributed by atoms with Crippen LogP contribution in [0, 0.1) is 0 Å². The number of rotatable bonds is 0. The number of hydrogen-bond donors (Lipinski definition) is 0. The lowest BCUT2D eigenvalue weighted by atomic mass is 10.4. The molecule has 4 heteroatoms. The van der Waals surface area contributed by atoms with E-state index in [2.05, 4.69) is 0 Å². The van der Waals surface area contributed by atoms with E-state index >= 15 is 0 Å². The molecule has 1 saturated heterocycles. The van der Waals surface area contributed by atoms with Crippen LogP contribution in [0.4, 0.5) is 4.79 Å². The Kier molecular flexibility index (Phi) is 1.92. The van der Waals surface area contributed by atoms with E-state index in [4.69, 9.17) is 4.74 Å². The number of morpholine rings is 1. The second-order valence-electron chi connectivity index (χ2n) is 2.72. The van der Waals surface area contributed by atoms with Crippen molar-refractivity contribution < 1.29 is 19.1 Å². The lowest BCUT2D eigenvalue weighted by Crippen LogP contribution is -2.60. The van der Waals surface area contributed by atoms with Gasteiger partial charge in [0.25, 0.3) is 6.09 Å². The van der Waals surface area contributed by atoms with Gasteiger partial charge < -0.3 is 14.6 Å². The van der Waals surface area contributed by atoms with Crippen LogP contribution in [0.15, 0.2) is 0 Å².